The Morgan fingerprint density at radius 1 is 1.12 bits per heavy atom. The first-order valence-corrected chi connectivity index (χ1v) is 12.6. The van der Waals surface area contributed by atoms with Crippen molar-refractivity contribution in [1.29, 1.82) is 0 Å². The number of carbonyl (C=O) groups excluding carboxylic acids is 2. The molecule has 5 N–H and O–H groups in total. The lowest BCUT2D eigenvalue weighted by Crippen LogP contribution is -2.17. The molecule has 0 bridgehead atoms. The van der Waals surface area contributed by atoms with Gasteiger partial charge in [0.2, 0.25) is 5.91 Å². The molecule has 7 nitrogen and oxygen atoms in total. The molecule has 0 aliphatic rings. The summed E-state index contributed by atoms with van der Waals surface area (Å²) >= 11 is 3.72. The normalized spacial score (nSPS) is 11.7. The van der Waals surface area contributed by atoms with Gasteiger partial charge < -0.3 is 20.9 Å². The van der Waals surface area contributed by atoms with Crippen molar-refractivity contribution in [3.8, 4) is 5.75 Å². The standard InChI is InChI=1S/C25H24IN3O4S/c1-34-18-12-10-17(11-13-18)28-25(32)33-23(19-15-16(26)9-14-22(19)30)7-4-8-24(31)29-21-6-3-2-5-20(21)27/h2-6,8-15,23,30H,7,27H2,1H3,(H,28,32)(H,29,31)/b8-4+/t23-/m1/s1. The van der Waals surface area contributed by atoms with Crippen LogP contribution < -0.4 is 16.4 Å². The van der Waals surface area contributed by atoms with Gasteiger partial charge in [-0.2, -0.15) is 0 Å². The van der Waals surface area contributed by atoms with Crippen molar-refractivity contribution in [3.05, 3.63) is 88.0 Å². The Bertz CT molecular complexity index is 1190. The molecule has 2 amide bonds. The van der Waals surface area contributed by atoms with Crippen LogP contribution in [-0.2, 0) is 9.53 Å². The van der Waals surface area contributed by atoms with Crippen LogP contribution in [0.2, 0.25) is 0 Å². The molecule has 3 aromatic carbocycles. The topological polar surface area (TPSA) is 114 Å². The number of phenolic OH excluding ortho intramolecular Hbond substituents is 1. The first-order chi connectivity index (χ1) is 16.4. The number of nitrogens with two attached hydrogens (primary N) is 1. The highest BCUT2D eigenvalue weighted by Crippen LogP contribution is 2.32. The fraction of sp³-hybridized carbons (Fsp3) is 0.120. The van der Waals surface area contributed by atoms with Crippen molar-refractivity contribution in [2.24, 2.45) is 0 Å². The van der Waals surface area contributed by atoms with E-state index in [0.717, 1.165) is 8.47 Å². The van der Waals surface area contributed by atoms with E-state index in [1.165, 1.54) is 6.08 Å². The van der Waals surface area contributed by atoms with Gasteiger partial charge in [-0.1, -0.05) is 18.2 Å². The predicted molar refractivity (Wildman–Crippen MR) is 145 cm³/mol. The Morgan fingerprint density at radius 3 is 2.56 bits per heavy atom. The number of nitrogen functional groups attached to an aromatic ring is 1. The van der Waals surface area contributed by atoms with Crippen molar-refractivity contribution in [2.75, 3.05) is 22.6 Å². The molecule has 0 heterocycles. The quantitative estimate of drug-likeness (QED) is 0.108. The molecule has 9 heteroatoms. The molecule has 0 radical (unpaired) electrons. The number of carbonyl (C=O) groups is 2. The number of thioether (sulfide) groups is 1. The molecule has 0 saturated heterocycles. The lowest BCUT2D eigenvalue weighted by molar-refractivity contribution is -0.111. The zero-order valence-electron chi connectivity index (χ0n) is 18.3. The third kappa shape index (κ3) is 7.42. The number of ether oxygens (including phenoxy) is 1. The maximum absolute atomic E-state index is 12.6. The van der Waals surface area contributed by atoms with Gasteiger partial charge in [0.15, 0.2) is 0 Å². The van der Waals surface area contributed by atoms with Crippen LogP contribution in [-0.4, -0.2) is 23.4 Å². The van der Waals surface area contributed by atoms with Crippen LogP contribution >= 0.6 is 34.4 Å². The number of halogens is 1. The second-order valence-electron chi connectivity index (χ2n) is 7.17. The van der Waals surface area contributed by atoms with Gasteiger partial charge in [0.1, 0.15) is 11.9 Å². The zero-order chi connectivity index (χ0) is 24.5. The molecule has 0 spiro atoms. The van der Waals surface area contributed by atoms with E-state index >= 15 is 0 Å². The van der Waals surface area contributed by atoms with Crippen LogP contribution in [0.15, 0.2) is 83.8 Å². The Morgan fingerprint density at radius 2 is 1.85 bits per heavy atom. The number of hydrogen-bond acceptors (Lipinski definition) is 6. The van der Waals surface area contributed by atoms with Crippen molar-refractivity contribution in [1.82, 2.24) is 0 Å². The SMILES string of the molecule is CSc1ccc(NC(=O)O[C@H](C/C=C/C(=O)Nc2ccccc2N)c2cc(I)ccc2O)cc1. The van der Waals surface area contributed by atoms with E-state index in [-0.39, 0.29) is 18.1 Å². The molecule has 0 aromatic heterocycles. The summed E-state index contributed by atoms with van der Waals surface area (Å²) in [6.45, 7) is 0. The average Bonchev–Trinajstić information content (AvgIpc) is 2.82. The van der Waals surface area contributed by atoms with Crippen LogP contribution in [0.5, 0.6) is 5.75 Å². The largest absolute Gasteiger partial charge is 0.508 e. The fourth-order valence-corrected chi connectivity index (χ4v) is 3.98. The van der Waals surface area contributed by atoms with E-state index in [4.69, 9.17) is 10.5 Å². The number of benzene rings is 3. The van der Waals surface area contributed by atoms with Crippen molar-refractivity contribution in [2.45, 2.75) is 17.4 Å². The monoisotopic (exact) mass is 589 g/mol. The molecule has 0 unspecified atom stereocenters. The number of rotatable bonds is 8. The molecule has 0 saturated carbocycles. The lowest BCUT2D eigenvalue weighted by atomic mass is 10.0. The second kappa shape index (κ2) is 12.3. The number of para-hydroxylation sites is 2. The third-order valence-electron chi connectivity index (χ3n) is 4.76. The zero-order valence-corrected chi connectivity index (χ0v) is 21.3. The van der Waals surface area contributed by atoms with Gasteiger partial charge in [-0.15, -0.1) is 11.8 Å². The van der Waals surface area contributed by atoms with Gasteiger partial charge in [0, 0.05) is 26.1 Å². The summed E-state index contributed by atoms with van der Waals surface area (Å²) in [7, 11) is 0. The first kappa shape index (κ1) is 25.4. The Labute approximate surface area is 215 Å². The summed E-state index contributed by atoms with van der Waals surface area (Å²) in [4.78, 5) is 25.9. The highest BCUT2D eigenvalue weighted by Gasteiger charge is 2.20. The van der Waals surface area contributed by atoms with E-state index in [2.05, 4.69) is 33.2 Å². The van der Waals surface area contributed by atoms with Crippen molar-refractivity contribution < 1.29 is 19.4 Å². The fourth-order valence-electron chi connectivity index (χ4n) is 3.06. The minimum absolute atomic E-state index is 0.00236. The van der Waals surface area contributed by atoms with E-state index in [1.54, 1.807) is 72.4 Å². The van der Waals surface area contributed by atoms with Crippen LogP contribution in [0.4, 0.5) is 21.9 Å². The molecule has 0 fully saturated rings. The Hall–Kier alpha value is -3.18. The smallest absolute Gasteiger partial charge is 0.412 e. The van der Waals surface area contributed by atoms with Gasteiger partial charge in [-0.05, 0) is 89.5 Å². The van der Waals surface area contributed by atoms with Gasteiger partial charge in [-0.25, -0.2) is 4.79 Å². The molecule has 3 aromatic rings. The molecule has 3 rings (SSSR count). The van der Waals surface area contributed by atoms with Crippen LogP contribution in [0, 0.1) is 3.57 Å². The predicted octanol–water partition coefficient (Wildman–Crippen LogP) is 6.18. The van der Waals surface area contributed by atoms with Crippen molar-refractivity contribution >= 4 is 63.4 Å². The maximum Gasteiger partial charge on any atom is 0.412 e. The maximum atomic E-state index is 12.6. The van der Waals surface area contributed by atoms with E-state index < -0.39 is 12.2 Å². The average molecular weight is 589 g/mol. The minimum Gasteiger partial charge on any atom is -0.508 e. The number of hydrogen-bond donors (Lipinski definition) is 4. The van der Waals surface area contributed by atoms with Gasteiger partial charge >= 0.3 is 6.09 Å². The Kier molecular flexibility index (Phi) is 9.23. The molecular formula is C25H24IN3O4S. The number of phenols is 1. The van der Waals surface area contributed by atoms with E-state index in [1.807, 2.05) is 18.4 Å². The summed E-state index contributed by atoms with van der Waals surface area (Å²) in [5, 5.41) is 15.8. The van der Waals surface area contributed by atoms with Gasteiger partial charge in [0.05, 0.1) is 11.4 Å². The summed E-state index contributed by atoms with van der Waals surface area (Å²) in [6.07, 6.45) is 3.58. The lowest BCUT2D eigenvalue weighted by Gasteiger charge is -2.19. The third-order valence-corrected chi connectivity index (χ3v) is 6.17. The molecule has 176 valence electrons. The summed E-state index contributed by atoms with van der Waals surface area (Å²) in [5.41, 5.74) is 7.84. The number of aromatic hydroxyl groups is 1. The van der Waals surface area contributed by atoms with Crippen LogP contribution in [0.25, 0.3) is 0 Å². The van der Waals surface area contributed by atoms with Crippen LogP contribution in [0.3, 0.4) is 0 Å². The summed E-state index contributed by atoms with van der Waals surface area (Å²) in [5.74, 6) is -0.376. The van der Waals surface area contributed by atoms with Crippen LogP contribution in [0.1, 0.15) is 18.1 Å². The second-order valence-corrected chi connectivity index (χ2v) is 9.29. The highest BCUT2D eigenvalue weighted by molar-refractivity contribution is 14.1. The molecule has 0 aliphatic carbocycles. The van der Waals surface area contributed by atoms with Gasteiger partial charge in [-0.3, -0.25) is 10.1 Å². The molecule has 0 aliphatic heterocycles. The number of anilines is 3. The van der Waals surface area contributed by atoms with Gasteiger partial charge in [0.25, 0.3) is 0 Å². The number of nitrogens with one attached hydrogen (secondary N) is 2. The minimum atomic E-state index is -0.814. The first-order valence-electron chi connectivity index (χ1n) is 10.3. The summed E-state index contributed by atoms with van der Waals surface area (Å²) in [6, 6.07) is 19.3. The Balaban J connectivity index is 1.71. The number of amides is 2. The molecule has 34 heavy (non-hydrogen) atoms. The molecular weight excluding hydrogens is 565 g/mol. The van der Waals surface area contributed by atoms with Crippen molar-refractivity contribution in [3.63, 3.8) is 0 Å². The summed E-state index contributed by atoms with van der Waals surface area (Å²) < 4.78 is 6.50. The molecule has 1 atom stereocenters. The highest BCUT2D eigenvalue weighted by atomic mass is 127. The van der Waals surface area contributed by atoms with E-state index in [9.17, 15) is 14.7 Å². The van der Waals surface area contributed by atoms with E-state index in [0.29, 0.717) is 22.6 Å².